The van der Waals surface area contributed by atoms with E-state index in [0.29, 0.717) is 0 Å². The number of anilines is 3. The predicted octanol–water partition coefficient (Wildman–Crippen LogP) is 16.7. The molecule has 0 amide bonds. The highest BCUT2D eigenvalue weighted by molar-refractivity contribution is 6.16. The van der Waals surface area contributed by atoms with Gasteiger partial charge < -0.3 is 9.47 Å². The van der Waals surface area contributed by atoms with E-state index in [1.807, 2.05) is 0 Å². The number of aromatic nitrogens is 1. The number of para-hydroxylation sites is 2. The van der Waals surface area contributed by atoms with Crippen LogP contribution in [0, 0.1) is 0 Å². The molecular weight excluding hydrogens is 749 g/mol. The lowest BCUT2D eigenvalue weighted by Crippen LogP contribution is -2.10. The van der Waals surface area contributed by atoms with Crippen LogP contribution in [0.2, 0.25) is 0 Å². The van der Waals surface area contributed by atoms with Crippen LogP contribution < -0.4 is 4.90 Å². The van der Waals surface area contributed by atoms with Gasteiger partial charge in [-0.3, -0.25) is 0 Å². The summed E-state index contributed by atoms with van der Waals surface area (Å²) in [7, 11) is 0. The summed E-state index contributed by atoms with van der Waals surface area (Å²) in [5.41, 5.74) is 16.8. The van der Waals surface area contributed by atoms with E-state index < -0.39 is 0 Å². The first-order valence-corrected chi connectivity index (χ1v) is 21.4. The molecule has 0 saturated carbocycles. The van der Waals surface area contributed by atoms with Crippen molar-refractivity contribution in [1.82, 2.24) is 4.57 Å². The van der Waals surface area contributed by atoms with Gasteiger partial charge in [0.05, 0.1) is 11.0 Å². The van der Waals surface area contributed by atoms with Crippen molar-refractivity contribution in [3.8, 4) is 50.2 Å². The molecule has 11 aromatic carbocycles. The fraction of sp³-hybridized carbons (Fsp3) is 0. The first kappa shape index (κ1) is 34.6. The quantitative estimate of drug-likeness (QED) is 0.152. The van der Waals surface area contributed by atoms with Crippen LogP contribution in [0.5, 0.6) is 0 Å². The normalized spacial score (nSPS) is 11.9. The zero-order valence-electron chi connectivity index (χ0n) is 33.8. The largest absolute Gasteiger partial charge is 0.310 e. The number of hydrogen-bond donors (Lipinski definition) is 0. The van der Waals surface area contributed by atoms with Gasteiger partial charge in [-0.1, -0.05) is 164 Å². The van der Waals surface area contributed by atoms with Crippen molar-refractivity contribution in [3.05, 3.63) is 231 Å². The lowest BCUT2D eigenvalue weighted by molar-refractivity contribution is 1.17. The Kier molecular flexibility index (Phi) is 7.64. The number of rotatable bonds is 6. The van der Waals surface area contributed by atoms with Crippen LogP contribution in [-0.4, -0.2) is 4.57 Å². The lowest BCUT2D eigenvalue weighted by atomic mass is 9.96. The minimum absolute atomic E-state index is 1.09. The van der Waals surface area contributed by atoms with E-state index in [1.54, 1.807) is 0 Å². The Morgan fingerprint density at radius 1 is 0.274 bits per heavy atom. The summed E-state index contributed by atoms with van der Waals surface area (Å²) in [5, 5.41) is 10.2. The summed E-state index contributed by atoms with van der Waals surface area (Å²) in [6, 6.07) is 84.8. The molecule has 1 aromatic heterocycles. The molecule has 2 heteroatoms. The predicted molar refractivity (Wildman–Crippen MR) is 263 cm³/mol. The topological polar surface area (TPSA) is 8.17 Å². The Balaban J connectivity index is 0.944. The molecule has 1 heterocycles. The van der Waals surface area contributed by atoms with E-state index in [2.05, 4.69) is 240 Å². The average Bonchev–Trinajstić information content (AvgIpc) is 3.85. The fourth-order valence-electron chi connectivity index (χ4n) is 10.2. The molecular formula is C60H38N2. The maximum absolute atomic E-state index is 2.40. The molecule has 1 aliphatic carbocycles. The SMILES string of the molecule is c1cc(-c2ccc3c(c2)-c2cccc4cccc-3c24)cc(N(c2ccc(-c3ccc4c(ccc5ccccc54)c3)cc2)c2cccc(-n3c4ccccc4c4ccccc43)c2)c1. The van der Waals surface area contributed by atoms with E-state index in [0.717, 1.165) is 22.7 Å². The van der Waals surface area contributed by atoms with Gasteiger partial charge in [0.2, 0.25) is 0 Å². The molecule has 0 bridgehead atoms. The molecule has 0 fully saturated rings. The second-order valence-corrected chi connectivity index (χ2v) is 16.5. The van der Waals surface area contributed by atoms with E-state index in [1.165, 1.54) is 98.6 Å². The van der Waals surface area contributed by atoms with Crippen molar-refractivity contribution >= 4 is 71.2 Å². The van der Waals surface area contributed by atoms with Gasteiger partial charge in [-0.25, -0.2) is 0 Å². The lowest BCUT2D eigenvalue weighted by Gasteiger charge is -2.27. The van der Waals surface area contributed by atoms with Crippen LogP contribution in [0.15, 0.2) is 231 Å². The van der Waals surface area contributed by atoms with Gasteiger partial charge in [-0.15, -0.1) is 0 Å². The third-order valence-electron chi connectivity index (χ3n) is 13.1. The maximum Gasteiger partial charge on any atom is 0.0541 e. The van der Waals surface area contributed by atoms with Crippen LogP contribution in [-0.2, 0) is 0 Å². The first-order valence-electron chi connectivity index (χ1n) is 21.4. The minimum atomic E-state index is 1.09. The molecule has 0 atom stereocenters. The number of fused-ring (bicyclic) bond motifs is 9. The zero-order valence-corrected chi connectivity index (χ0v) is 33.8. The van der Waals surface area contributed by atoms with Crippen molar-refractivity contribution < 1.29 is 0 Å². The Hall–Kier alpha value is -8.20. The van der Waals surface area contributed by atoms with Crippen LogP contribution in [0.25, 0.3) is 104 Å². The van der Waals surface area contributed by atoms with Gasteiger partial charge in [0.1, 0.15) is 0 Å². The molecule has 0 unspecified atom stereocenters. The highest BCUT2D eigenvalue weighted by Crippen LogP contribution is 2.49. The molecule has 2 nitrogen and oxygen atoms in total. The van der Waals surface area contributed by atoms with Crippen molar-refractivity contribution in [2.45, 2.75) is 0 Å². The number of benzene rings is 11. The summed E-state index contributed by atoms with van der Waals surface area (Å²) in [6.45, 7) is 0. The zero-order chi connectivity index (χ0) is 40.7. The van der Waals surface area contributed by atoms with E-state index in [4.69, 9.17) is 0 Å². The third-order valence-corrected chi connectivity index (χ3v) is 13.1. The fourth-order valence-corrected chi connectivity index (χ4v) is 10.2. The number of hydrogen-bond acceptors (Lipinski definition) is 1. The van der Waals surface area contributed by atoms with Gasteiger partial charge in [-0.05, 0) is 144 Å². The minimum Gasteiger partial charge on any atom is -0.310 e. The Bertz CT molecular complexity index is 3700. The smallest absolute Gasteiger partial charge is 0.0541 e. The molecule has 13 rings (SSSR count). The van der Waals surface area contributed by atoms with Gasteiger partial charge >= 0.3 is 0 Å². The average molecular weight is 787 g/mol. The van der Waals surface area contributed by atoms with Crippen molar-refractivity contribution in [2.75, 3.05) is 4.90 Å². The molecule has 1 aliphatic rings. The standard InChI is InChI=1S/C60H38N2/c1-2-18-50-40(11-1)25-26-45-35-43(29-33-51(45)50)39-27-31-46(32-28-39)61(48-16-10-17-49(38-48)62-58-23-5-3-19-53(58)54-20-4-6-24-59(54)62)47-15-7-14-42(36-47)44-30-34-52-55-21-8-12-41-13-9-22-56(60(41)55)57(52)37-44/h1-38H. The van der Waals surface area contributed by atoms with Crippen molar-refractivity contribution in [2.24, 2.45) is 0 Å². The third kappa shape index (κ3) is 5.37. The summed E-state index contributed by atoms with van der Waals surface area (Å²) < 4.78 is 2.40. The van der Waals surface area contributed by atoms with Crippen molar-refractivity contribution in [1.29, 1.82) is 0 Å². The van der Waals surface area contributed by atoms with E-state index >= 15 is 0 Å². The molecule has 0 spiro atoms. The summed E-state index contributed by atoms with van der Waals surface area (Å²) in [6.07, 6.45) is 0. The summed E-state index contributed by atoms with van der Waals surface area (Å²) in [5.74, 6) is 0. The van der Waals surface area contributed by atoms with Crippen molar-refractivity contribution in [3.63, 3.8) is 0 Å². The van der Waals surface area contributed by atoms with Crippen LogP contribution >= 0.6 is 0 Å². The maximum atomic E-state index is 2.40. The second kappa shape index (κ2) is 13.7. The van der Waals surface area contributed by atoms with Gasteiger partial charge in [0.25, 0.3) is 0 Å². The molecule has 12 aromatic rings. The molecule has 0 saturated heterocycles. The van der Waals surface area contributed by atoms with Crippen LogP contribution in [0.1, 0.15) is 0 Å². The Labute approximate surface area is 359 Å². The van der Waals surface area contributed by atoms with Crippen LogP contribution in [0.3, 0.4) is 0 Å². The van der Waals surface area contributed by atoms with Gasteiger partial charge in [0, 0.05) is 33.5 Å². The number of nitrogens with zero attached hydrogens (tertiary/aromatic N) is 2. The monoisotopic (exact) mass is 786 g/mol. The molecule has 288 valence electrons. The van der Waals surface area contributed by atoms with Gasteiger partial charge in [0.15, 0.2) is 0 Å². The molecule has 62 heavy (non-hydrogen) atoms. The highest BCUT2D eigenvalue weighted by Gasteiger charge is 2.22. The summed E-state index contributed by atoms with van der Waals surface area (Å²) >= 11 is 0. The summed E-state index contributed by atoms with van der Waals surface area (Å²) in [4.78, 5) is 2.40. The molecule has 0 N–H and O–H groups in total. The van der Waals surface area contributed by atoms with E-state index in [-0.39, 0.29) is 0 Å². The Morgan fingerprint density at radius 2 is 0.839 bits per heavy atom. The highest BCUT2D eigenvalue weighted by atomic mass is 15.1. The first-order chi connectivity index (χ1) is 30.7. The van der Waals surface area contributed by atoms with Crippen LogP contribution in [0.4, 0.5) is 17.1 Å². The molecule has 0 aliphatic heterocycles. The van der Waals surface area contributed by atoms with E-state index in [9.17, 15) is 0 Å². The molecule has 0 radical (unpaired) electrons. The second-order valence-electron chi connectivity index (χ2n) is 16.5. The Morgan fingerprint density at radius 3 is 1.63 bits per heavy atom. The van der Waals surface area contributed by atoms with Gasteiger partial charge in [-0.2, -0.15) is 0 Å².